The highest BCUT2D eigenvalue weighted by Crippen LogP contribution is 2.37. The van der Waals surface area contributed by atoms with Crippen LogP contribution in [-0.2, 0) is 9.59 Å². The summed E-state index contributed by atoms with van der Waals surface area (Å²) in [6, 6.07) is 7.55. The first-order valence-corrected chi connectivity index (χ1v) is 6.99. The Hall–Kier alpha value is -1.49. The molecule has 0 bridgehead atoms. The van der Waals surface area contributed by atoms with Crippen LogP contribution >= 0.6 is 12.6 Å². The highest BCUT2D eigenvalue weighted by molar-refractivity contribution is 7.96. The van der Waals surface area contributed by atoms with Crippen molar-refractivity contribution in [1.29, 1.82) is 0 Å². The first-order valence-electron chi connectivity index (χ1n) is 6.54. The summed E-state index contributed by atoms with van der Waals surface area (Å²) in [6.45, 7) is 4.18. The van der Waals surface area contributed by atoms with E-state index in [1.807, 2.05) is 31.2 Å². The Morgan fingerprint density at radius 3 is 2.45 bits per heavy atom. The van der Waals surface area contributed by atoms with Crippen LogP contribution in [0.1, 0.15) is 31.9 Å². The minimum atomic E-state index is -0.680. The fourth-order valence-corrected chi connectivity index (χ4v) is 2.66. The molecule has 1 fully saturated rings. The van der Waals surface area contributed by atoms with Crippen LogP contribution in [0.25, 0.3) is 0 Å². The van der Waals surface area contributed by atoms with Gasteiger partial charge in [0, 0.05) is 13.0 Å². The molecule has 1 aromatic rings. The van der Waals surface area contributed by atoms with Crippen molar-refractivity contribution >= 4 is 23.7 Å². The first kappa shape index (κ1) is 14.9. The normalized spacial score (nSPS) is 23.8. The van der Waals surface area contributed by atoms with E-state index >= 15 is 0 Å². The molecule has 1 aromatic carbocycles. The number of amides is 1. The summed E-state index contributed by atoms with van der Waals surface area (Å²) >= 11 is 3.91. The average Bonchev–Trinajstić information content (AvgIpc) is 2.75. The van der Waals surface area contributed by atoms with Crippen LogP contribution in [0.2, 0.25) is 0 Å². The molecule has 1 unspecified atom stereocenters. The van der Waals surface area contributed by atoms with Gasteiger partial charge in [-0.3, -0.25) is 9.59 Å². The Kier molecular flexibility index (Phi) is 4.09. The Balaban J connectivity index is 2.18. The van der Waals surface area contributed by atoms with Gasteiger partial charge < -0.3 is 9.64 Å². The second-order valence-corrected chi connectivity index (χ2v) is 5.92. The highest BCUT2D eigenvalue weighted by atomic mass is 32.1. The van der Waals surface area contributed by atoms with Crippen molar-refractivity contribution in [1.82, 2.24) is 4.90 Å². The maximum atomic E-state index is 12.1. The third kappa shape index (κ3) is 2.68. The third-order valence-corrected chi connectivity index (χ3v) is 4.50. The lowest BCUT2D eigenvalue weighted by Crippen LogP contribution is -2.32. The standard InChI is InChI=1S/C15H19NO3S/c1-10(11-4-6-12(19-3)7-5-11)16-9-15(2,14(18)20)8-13(16)17/h4-7,10H,8-9H2,1-3H3,(H,18,20)/t10-,15?/m0/s1. The van der Waals surface area contributed by atoms with Crippen molar-refractivity contribution in [2.24, 2.45) is 5.41 Å². The topological polar surface area (TPSA) is 46.6 Å². The number of thiol groups is 1. The van der Waals surface area contributed by atoms with Crippen molar-refractivity contribution in [2.45, 2.75) is 26.3 Å². The van der Waals surface area contributed by atoms with Gasteiger partial charge in [0.25, 0.3) is 0 Å². The SMILES string of the molecule is COc1ccc([C@H](C)N2CC(C)(C(=O)S)CC2=O)cc1. The molecule has 0 N–H and O–H groups in total. The number of ether oxygens (including phenoxy) is 1. The van der Waals surface area contributed by atoms with Crippen LogP contribution in [0, 0.1) is 5.41 Å². The largest absolute Gasteiger partial charge is 0.497 e. The van der Waals surface area contributed by atoms with Crippen LogP contribution in [0.4, 0.5) is 0 Å². The van der Waals surface area contributed by atoms with E-state index in [-0.39, 0.29) is 23.5 Å². The molecular weight excluding hydrogens is 274 g/mol. The molecule has 20 heavy (non-hydrogen) atoms. The molecule has 2 rings (SSSR count). The van der Waals surface area contributed by atoms with E-state index in [1.54, 1.807) is 18.9 Å². The van der Waals surface area contributed by atoms with Gasteiger partial charge in [-0.2, -0.15) is 0 Å². The fraction of sp³-hybridized carbons (Fsp3) is 0.467. The molecule has 4 nitrogen and oxygen atoms in total. The summed E-state index contributed by atoms with van der Waals surface area (Å²) in [5.74, 6) is 0.780. The summed E-state index contributed by atoms with van der Waals surface area (Å²) in [4.78, 5) is 25.5. The zero-order valence-corrected chi connectivity index (χ0v) is 12.8. The molecule has 0 spiro atoms. The van der Waals surface area contributed by atoms with Crippen molar-refractivity contribution in [3.05, 3.63) is 29.8 Å². The molecule has 1 heterocycles. The van der Waals surface area contributed by atoms with E-state index in [0.29, 0.717) is 6.54 Å². The summed E-state index contributed by atoms with van der Waals surface area (Å²) in [5, 5.41) is -0.227. The molecule has 0 saturated carbocycles. The predicted octanol–water partition coefficient (Wildman–Crippen LogP) is 2.45. The summed E-state index contributed by atoms with van der Waals surface area (Å²) in [5.41, 5.74) is 0.344. The van der Waals surface area contributed by atoms with Gasteiger partial charge in [-0.05, 0) is 31.5 Å². The van der Waals surface area contributed by atoms with E-state index < -0.39 is 5.41 Å². The second kappa shape index (κ2) is 5.48. The molecule has 0 aromatic heterocycles. The molecule has 0 radical (unpaired) electrons. The minimum Gasteiger partial charge on any atom is -0.497 e. The quantitative estimate of drug-likeness (QED) is 0.867. The molecular formula is C15H19NO3S. The number of carbonyl (C=O) groups excluding carboxylic acids is 2. The monoisotopic (exact) mass is 293 g/mol. The molecule has 1 aliphatic heterocycles. The Bertz CT molecular complexity index is 528. The van der Waals surface area contributed by atoms with E-state index in [2.05, 4.69) is 12.6 Å². The van der Waals surface area contributed by atoms with Crippen LogP contribution in [0.3, 0.4) is 0 Å². The smallest absolute Gasteiger partial charge is 0.224 e. The van der Waals surface area contributed by atoms with E-state index in [0.717, 1.165) is 11.3 Å². The van der Waals surface area contributed by atoms with E-state index in [9.17, 15) is 9.59 Å². The van der Waals surface area contributed by atoms with Gasteiger partial charge in [0.05, 0.1) is 18.6 Å². The van der Waals surface area contributed by atoms with Gasteiger partial charge in [0.1, 0.15) is 5.75 Å². The molecule has 0 aliphatic carbocycles. The van der Waals surface area contributed by atoms with Crippen LogP contribution < -0.4 is 4.74 Å². The van der Waals surface area contributed by atoms with Crippen LogP contribution in [-0.4, -0.2) is 29.6 Å². The lowest BCUT2D eigenvalue weighted by atomic mass is 9.91. The van der Waals surface area contributed by atoms with Gasteiger partial charge in [-0.25, -0.2) is 0 Å². The van der Waals surface area contributed by atoms with Crippen molar-refractivity contribution < 1.29 is 14.3 Å². The molecule has 5 heteroatoms. The molecule has 1 aliphatic rings. The molecule has 1 amide bonds. The number of nitrogens with zero attached hydrogens (tertiary/aromatic N) is 1. The highest BCUT2D eigenvalue weighted by Gasteiger charge is 2.45. The predicted molar refractivity (Wildman–Crippen MR) is 79.8 cm³/mol. The zero-order valence-electron chi connectivity index (χ0n) is 11.9. The molecule has 108 valence electrons. The lowest BCUT2D eigenvalue weighted by molar-refractivity contribution is -0.130. The van der Waals surface area contributed by atoms with E-state index in [1.165, 1.54) is 0 Å². The maximum absolute atomic E-state index is 12.1. The number of methoxy groups -OCH3 is 1. The second-order valence-electron chi connectivity index (χ2n) is 5.51. The lowest BCUT2D eigenvalue weighted by Gasteiger charge is -2.27. The first-order chi connectivity index (χ1) is 9.37. The van der Waals surface area contributed by atoms with Gasteiger partial charge >= 0.3 is 0 Å². The van der Waals surface area contributed by atoms with E-state index in [4.69, 9.17) is 4.74 Å². The summed E-state index contributed by atoms with van der Waals surface area (Å²) < 4.78 is 5.12. The van der Waals surface area contributed by atoms with Crippen molar-refractivity contribution in [3.8, 4) is 5.75 Å². The van der Waals surface area contributed by atoms with Gasteiger partial charge in [-0.15, -0.1) is 12.6 Å². The number of hydrogen-bond donors (Lipinski definition) is 1. The van der Waals surface area contributed by atoms with Crippen LogP contribution in [0.5, 0.6) is 5.75 Å². The number of carbonyl (C=O) groups is 2. The molecule has 2 atom stereocenters. The Labute approximate surface area is 124 Å². The summed E-state index contributed by atoms with van der Waals surface area (Å²) in [7, 11) is 1.62. The minimum absolute atomic E-state index is 0.00165. The number of likely N-dealkylation sites (tertiary alicyclic amines) is 1. The number of rotatable bonds is 4. The fourth-order valence-electron chi connectivity index (χ4n) is 2.51. The van der Waals surface area contributed by atoms with Gasteiger partial charge in [-0.1, -0.05) is 12.1 Å². The summed E-state index contributed by atoms with van der Waals surface area (Å²) in [6.07, 6.45) is 0.232. The molecule has 1 saturated heterocycles. The number of benzene rings is 1. The van der Waals surface area contributed by atoms with Crippen LogP contribution in [0.15, 0.2) is 24.3 Å². The Morgan fingerprint density at radius 1 is 1.40 bits per heavy atom. The average molecular weight is 293 g/mol. The third-order valence-electron chi connectivity index (χ3n) is 3.96. The van der Waals surface area contributed by atoms with Crippen molar-refractivity contribution in [2.75, 3.05) is 13.7 Å². The van der Waals surface area contributed by atoms with Gasteiger partial charge in [0.15, 0.2) is 5.12 Å². The van der Waals surface area contributed by atoms with Gasteiger partial charge in [0.2, 0.25) is 5.91 Å². The number of hydrogen-bond acceptors (Lipinski definition) is 3. The zero-order chi connectivity index (χ0) is 14.9. The maximum Gasteiger partial charge on any atom is 0.224 e. The Morgan fingerprint density at radius 2 is 2.00 bits per heavy atom. The van der Waals surface area contributed by atoms with Crippen molar-refractivity contribution in [3.63, 3.8) is 0 Å².